The van der Waals surface area contributed by atoms with Gasteiger partial charge in [0, 0.05) is 11.1 Å². The van der Waals surface area contributed by atoms with Gasteiger partial charge in [0.25, 0.3) is 0 Å². The summed E-state index contributed by atoms with van der Waals surface area (Å²) in [5.74, 6) is 25.9. The molecule has 0 fully saturated rings. The number of benzene rings is 4. The molecule has 0 saturated carbocycles. The second-order valence-electron chi connectivity index (χ2n) is 9.67. The first-order valence-electron chi connectivity index (χ1n) is 15.1. The SMILES string of the molecule is CCOC(=O)c1cc(C#CC#Cc2ccc(OCC)cc2)c(OCc2ccc(OC)cc2)c(C#CC#Cc2ccc(OCC)cc2)c1. The lowest BCUT2D eigenvalue weighted by Gasteiger charge is -2.13. The van der Waals surface area contributed by atoms with Crippen molar-refractivity contribution in [1.82, 2.24) is 0 Å². The van der Waals surface area contributed by atoms with E-state index in [2.05, 4.69) is 47.4 Å². The molecule has 234 valence electrons. The molecule has 0 aromatic heterocycles. The van der Waals surface area contributed by atoms with Gasteiger partial charge < -0.3 is 23.7 Å². The Kier molecular flexibility index (Phi) is 12.8. The summed E-state index contributed by atoms with van der Waals surface area (Å²) < 4.78 is 27.9. The Morgan fingerprint density at radius 3 is 1.49 bits per heavy atom. The van der Waals surface area contributed by atoms with Crippen LogP contribution < -0.4 is 18.9 Å². The third kappa shape index (κ3) is 10.4. The minimum Gasteiger partial charge on any atom is -0.497 e. The monoisotopic (exact) mass is 622 g/mol. The normalized spacial score (nSPS) is 9.45. The largest absolute Gasteiger partial charge is 0.497 e. The average Bonchev–Trinajstić information content (AvgIpc) is 3.10. The van der Waals surface area contributed by atoms with Gasteiger partial charge in [-0.25, -0.2) is 4.79 Å². The lowest BCUT2D eigenvalue weighted by molar-refractivity contribution is 0.0526. The van der Waals surface area contributed by atoms with Crippen LogP contribution in [0.5, 0.6) is 23.0 Å². The third-order valence-electron chi connectivity index (χ3n) is 6.41. The van der Waals surface area contributed by atoms with Gasteiger partial charge in [-0.15, -0.1) is 0 Å². The van der Waals surface area contributed by atoms with E-state index >= 15 is 0 Å². The van der Waals surface area contributed by atoms with Crippen molar-refractivity contribution in [3.05, 3.63) is 118 Å². The van der Waals surface area contributed by atoms with Crippen LogP contribution in [0.3, 0.4) is 0 Å². The summed E-state index contributed by atoms with van der Waals surface area (Å²) in [6.07, 6.45) is 0. The van der Waals surface area contributed by atoms with Gasteiger partial charge in [0.2, 0.25) is 0 Å². The smallest absolute Gasteiger partial charge is 0.338 e. The Hall–Kier alpha value is -6.21. The number of carbonyl (C=O) groups excluding carboxylic acids is 1. The number of hydrogen-bond donors (Lipinski definition) is 0. The third-order valence-corrected chi connectivity index (χ3v) is 6.41. The maximum absolute atomic E-state index is 12.8. The summed E-state index contributed by atoms with van der Waals surface area (Å²) in [4.78, 5) is 12.8. The fourth-order valence-electron chi connectivity index (χ4n) is 4.19. The molecule has 4 aromatic carbocycles. The van der Waals surface area contributed by atoms with E-state index in [0.717, 1.165) is 33.9 Å². The first-order chi connectivity index (χ1) is 23.0. The molecule has 0 aliphatic heterocycles. The van der Waals surface area contributed by atoms with Crippen LogP contribution in [0.15, 0.2) is 84.9 Å². The highest BCUT2D eigenvalue weighted by atomic mass is 16.5. The van der Waals surface area contributed by atoms with Crippen LogP contribution in [0.2, 0.25) is 0 Å². The van der Waals surface area contributed by atoms with Crippen molar-refractivity contribution < 1.29 is 28.5 Å². The van der Waals surface area contributed by atoms with E-state index in [4.69, 9.17) is 23.7 Å². The fourth-order valence-corrected chi connectivity index (χ4v) is 4.19. The van der Waals surface area contributed by atoms with Crippen LogP contribution in [0.1, 0.15) is 58.9 Å². The van der Waals surface area contributed by atoms with Gasteiger partial charge in [0.05, 0.1) is 43.6 Å². The summed E-state index contributed by atoms with van der Waals surface area (Å²) in [5.41, 5.74) is 3.65. The Bertz CT molecular complexity index is 1800. The predicted octanol–water partition coefficient (Wildman–Crippen LogP) is 7.05. The summed E-state index contributed by atoms with van der Waals surface area (Å²) in [6, 6.07) is 25.7. The molecule has 0 saturated heterocycles. The summed E-state index contributed by atoms with van der Waals surface area (Å²) >= 11 is 0. The number of esters is 1. The topological polar surface area (TPSA) is 63.2 Å². The molecule has 0 heterocycles. The number of methoxy groups -OCH3 is 1. The Labute approximate surface area is 277 Å². The zero-order valence-electron chi connectivity index (χ0n) is 26.9. The van der Waals surface area contributed by atoms with Crippen molar-refractivity contribution >= 4 is 5.97 Å². The van der Waals surface area contributed by atoms with Crippen LogP contribution in [-0.4, -0.2) is 32.9 Å². The molecule has 0 aliphatic rings. The van der Waals surface area contributed by atoms with Gasteiger partial charge >= 0.3 is 5.97 Å². The Morgan fingerprint density at radius 1 is 0.574 bits per heavy atom. The Balaban J connectivity index is 1.72. The highest BCUT2D eigenvalue weighted by Crippen LogP contribution is 2.27. The van der Waals surface area contributed by atoms with Crippen LogP contribution in [0.4, 0.5) is 0 Å². The molecule has 0 unspecified atom stereocenters. The molecular formula is C41H34O6. The highest BCUT2D eigenvalue weighted by Gasteiger charge is 2.16. The molecule has 0 aliphatic carbocycles. The van der Waals surface area contributed by atoms with Gasteiger partial charge in [-0.05, 0) is 135 Å². The fraction of sp³-hybridized carbons (Fsp3) is 0.195. The van der Waals surface area contributed by atoms with E-state index in [0.29, 0.717) is 30.1 Å². The standard InChI is InChI=1S/C41H34O6/c1-5-44-38-24-16-31(17-25-38)12-8-10-14-34-28-36(41(42)46-7-3)29-35(40(34)47-30-33-20-22-37(43-4)23-21-33)15-11-9-13-32-18-26-39(27-19-32)45-6-2/h16-29H,5-7,30H2,1-4H3. The molecule has 0 atom stereocenters. The summed E-state index contributed by atoms with van der Waals surface area (Å²) in [6.45, 7) is 7.24. The maximum atomic E-state index is 12.8. The van der Waals surface area contributed by atoms with Crippen molar-refractivity contribution in [3.8, 4) is 70.4 Å². The van der Waals surface area contributed by atoms with Gasteiger partial charge in [0.15, 0.2) is 5.75 Å². The average molecular weight is 623 g/mol. The van der Waals surface area contributed by atoms with Crippen molar-refractivity contribution in [2.24, 2.45) is 0 Å². The predicted molar refractivity (Wildman–Crippen MR) is 182 cm³/mol. The van der Waals surface area contributed by atoms with Crippen molar-refractivity contribution in [2.45, 2.75) is 27.4 Å². The van der Waals surface area contributed by atoms with Gasteiger partial charge in [0.1, 0.15) is 23.9 Å². The molecule has 0 bridgehead atoms. The number of rotatable bonds is 10. The lowest BCUT2D eigenvalue weighted by Crippen LogP contribution is -2.07. The minimum atomic E-state index is -0.499. The zero-order valence-corrected chi connectivity index (χ0v) is 26.9. The van der Waals surface area contributed by atoms with E-state index in [-0.39, 0.29) is 18.8 Å². The molecule has 0 spiro atoms. The quantitative estimate of drug-likeness (QED) is 0.140. The van der Waals surface area contributed by atoms with E-state index < -0.39 is 5.97 Å². The van der Waals surface area contributed by atoms with Crippen LogP contribution in [0, 0.1) is 47.4 Å². The van der Waals surface area contributed by atoms with Crippen LogP contribution >= 0.6 is 0 Å². The summed E-state index contributed by atoms with van der Waals surface area (Å²) in [5, 5.41) is 0. The molecule has 47 heavy (non-hydrogen) atoms. The second-order valence-corrected chi connectivity index (χ2v) is 9.67. The molecule has 0 radical (unpaired) electrons. The number of hydrogen-bond acceptors (Lipinski definition) is 6. The first kappa shape index (κ1) is 33.7. The molecule has 0 N–H and O–H groups in total. The van der Waals surface area contributed by atoms with E-state index in [9.17, 15) is 4.79 Å². The number of carbonyl (C=O) groups is 1. The maximum Gasteiger partial charge on any atom is 0.338 e. The van der Waals surface area contributed by atoms with Gasteiger partial charge in [-0.1, -0.05) is 24.0 Å². The van der Waals surface area contributed by atoms with Crippen molar-refractivity contribution in [2.75, 3.05) is 26.9 Å². The second kappa shape index (κ2) is 17.9. The highest BCUT2D eigenvalue weighted by molar-refractivity contribution is 5.91. The lowest BCUT2D eigenvalue weighted by atomic mass is 10.0. The van der Waals surface area contributed by atoms with Gasteiger partial charge in [-0.3, -0.25) is 0 Å². The van der Waals surface area contributed by atoms with Crippen molar-refractivity contribution in [3.63, 3.8) is 0 Å². The zero-order chi connectivity index (χ0) is 33.3. The van der Waals surface area contributed by atoms with Crippen molar-refractivity contribution in [1.29, 1.82) is 0 Å². The molecule has 0 amide bonds. The molecule has 6 nitrogen and oxygen atoms in total. The first-order valence-corrected chi connectivity index (χ1v) is 15.1. The Morgan fingerprint density at radius 2 is 1.04 bits per heavy atom. The molecule has 6 heteroatoms. The molecule has 4 rings (SSSR count). The van der Waals surface area contributed by atoms with E-state index in [1.807, 2.05) is 86.6 Å². The van der Waals surface area contributed by atoms with Crippen LogP contribution in [-0.2, 0) is 11.3 Å². The van der Waals surface area contributed by atoms with Crippen LogP contribution in [0.25, 0.3) is 0 Å². The minimum absolute atomic E-state index is 0.220. The molecular weight excluding hydrogens is 588 g/mol. The molecule has 4 aromatic rings. The number of ether oxygens (including phenoxy) is 5. The summed E-state index contributed by atoms with van der Waals surface area (Å²) in [7, 11) is 1.62. The van der Waals surface area contributed by atoms with E-state index in [1.54, 1.807) is 26.2 Å². The van der Waals surface area contributed by atoms with Gasteiger partial charge in [-0.2, -0.15) is 0 Å². The van der Waals surface area contributed by atoms with E-state index in [1.165, 1.54) is 0 Å².